The summed E-state index contributed by atoms with van der Waals surface area (Å²) in [5, 5.41) is 10.5. The molecule has 98 valence electrons. The van der Waals surface area contributed by atoms with E-state index in [-0.39, 0.29) is 6.04 Å². The molecule has 6 heteroatoms. The van der Waals surface area contributed by atoms with E-state index >= 15 is 0 Å². The minimum absolute atomic E-state index is 0.168. The maximum absolute atomic E-state index is 13.4. The van der Waals surface area contributed by atoms with Gasteiger partial charge in [0, 0.05) is 25.2 Å². The van der Waals surface area contributed by atoms with Crippen LogP contribution in [0.15, 0.2) is 18.2 Å². The van der Waals surface area contributed by atoms with E-state index in [9.17, 15) is 14.5 Å². The van der Waals surface area contributed by atoms with Crippen molar-refractivity contribution in [2.45, 2.75) is 25.4 Å². The van der Waals surface area contributed by atoms with Crippen molar-refractivity contribution in [1.29, 1.82) is 0 Å². The second-order valence-electron chi connectivity index (χ2n) is 4.68. The first kappa shape index (κ1) is 12.9. The molecule has 1 aliphatic rings. The van der Waals surface area contributed by atoms with Crippen LogP contribution in [-0.2, 0) is 6.54 Å². The summed E-state index contributed by atoms with van der Waals surface area (Å²) in [6.45, 7) is 2.31. The first-order chi connectivity index (χ1) is 8.56. The lowest BCUT2D eigenvalue weighted by Crippen LogP contribution is -2.42. The molecular formula is C12H16FN3O2. The summed E-state index contributed by atoms with van der Waals surface area (Å²) in [6.07, 6.45) is 2.06. The SMILES string of the molecule is N[C@@H]1CCCN(Cc2ccc([N+](=O)[O-])c(F)c2)C1. The molecule has 0 unspecified atom stereocenters. The third kappa shape index (κ3) is 3.02. The van der Waals surface area contributed by atoms with Gasteiger partial charge >= 0.3 is 5.69 Å². The van der Waals surface area contributed by atoms with Crippen molar-refractivity contribution in [3.63, 3.8) is 0 Å². The first-order valence-corrected chi connectivity index (χ1v) is 5.97. The monoisotopic (exact) mass is 253 g/mol. The van der Waals surface area contributed by atoms with Gasteiger partial charge < -0.3 is 5.73 Å². The average Bonchev–Trinajstić information content (AvgIpc) is 2.28. The maximum atomic E-state index is 13.4. The molecule has 1 saturated heterocycles. The van der Waals surface area contributed by atoms with Crippen LogP contribution in [0.5, 0.6) is 0 Å². The topological polar surface area (TPSA) is 72.4 Å². The molecule has 0 spiro atoms. The molecule has 1 heterocycles. The standard InChI is InChI=1S/C12H16FN3O2/c13-11-6-9(3-4-12(11)16(17)18)7-15-5-1-2-10(14)8-15/h3-4,6,10H,1-2,5,7-8,14H2/t10-/m1/s1. The summed E-state index contributed by atoms with van der Waals surface area (Å²) in [4.78, 5) is 11.9. The van der Waals surface area contributed by atoms with E-state index in [2.05, 4.69) is 4.90 Å². The van der Waals surface area contributed by atoms with Crippen LogP contribution >= 0.6 is 0 Å². The molecule has 1 atom stereocenters. The third-order valence-electron chi connectivity index (χ3n) is 3.16. The van der Waals surface area contributed by atoms with Crippen molar-refractivity contribution in [3.05, 3.63) is 39.7 Å². The Bertz CT molecular complexity index is 453. The van der Waals surface area contributed by atoms with Crippen LogP contribution in [0, 0.1) is 15.9 Å². The number of halogens is 1. The highest BCUT2D eigenvalue weighted by atomic mass is 19.1. The smallest absolute Gasteiger partial charge is 0.304 e. The fourth-order valence-electron chi connectivity index (χ4n) is 2.29. The van der Waals surface area contributed by atoms with Crippen LogP contribution in [0.3, 0.4) is 0 Å². The van der Waals surface area contributed by atoms with Crippen molar-refractivity contribution in [1.82, 2.24) is 4.90 Å². The minimum atomic E-state index is -0.779. The Labute approximate surface area is 105 Å². The molecule has 2 rings (SSSR count). The molecule has 18 heavy (non-hydrogen) atoms. The predicted octanol–water partition coefficient (Wildman–Crippen LogP) is 1.66. The van der Waals surface area contributed by atoms with Gasteiger partial charge in [0.05, 0.1) is 4.92 Å². The zero-order chi connectivity index (χ0) is 13.1. The van der Waals surface area contributed by atoms with E-state index in [0.29, 0.717) is 6.54 Å². The van der Waals surface area contributed by atoms with Crippen LogP contribution in [-0.4, -0.2) is 29.0 Å². The Hall–Kier alpha value is -1.53. The largest absolute Gasteiger partial charge is 0.327 e. The van der Waals surface area contributed by atoms with Gasteiger partial charge in [-0.3, -0.25) is 15.0 Å². The van der Waals surface area contributed by atoms with Crippen LogP contribution in [0.2, 0.25) is 0 Å². The number of likely N-dealkylation sites (tertiary alicyclic amines) is 1. The molecule has 1 aromatic rings. The van der Waals surface area contributed by atoms with Gasteiger partial charge in [0.25, 0.3) is 0 Å². The number of nitro benzene ring substituents is 1. The highest BCUT2D eigenvalue weighted by Gasteiger charge is 2.18. The first-order valence-electron chi connectivity index (χ1n) is 5.97. The maximum Gasteiger partial charge on any atom is 0.304 e. The summed E-state index contributed by atoms with van der Waals surface area (Å²) in [7, 11) is 0. The minimum Gasteiger partial charge on any atom is -0.327 e. The molecule has 0 bridgehead atoms. The molecule has 0 amide bonds. The number of rotatable bonds is 3. The number of hydrogen-bond acceptors (Lipinski definition) is 4. The average molecular weight is 253 g/mol. The second kappa shape index (κ2) is 5.41. The lowest BCUT2D eigenvalue weighted by atomic mass is 10.1. The molecule has 1 aromatic carbocycles. The molecule has 0 aliphatic carbocycles. The van der Waals surface area contributed by atoms with E-state index in [1.165, 1.54) is 12.1 Å². The summed E-state index contributed by atoms with van der Waals surface area (Å²) < 4.78 is 13.4. The van der Waals surface area contributed by atoms with E-state index in [1.807, 2.05) is 0 Å². The molecule has 2 N–H and O–H groups in total. The lowest BCUT2D eigenvalue weighted by molar-refractivity contribution is -0.387. The predicted molar refractivity (Wildman–Crippen MR) is 65.5 cm³/mol. The Balaban J connectivity index is 2.05. The molecule has 1 aliphatic heterocycles. The van der Waals surface area contributed by atoms with Crippen LogP contribution in [0.4, 0.5) is 10.1 Å². The normalized spacial score (nSPS) is 20.9. The van der Waals surface area contributed by atoms with Gasteiger partial charge in [-0.1, -0.05) is 6.07 Å². The molecule has 5 nitrogen and oxygen atoms in total. The van der Waals surface area contributed by atoms with Crippen molar-refractivity contribution < 1.29 is 9.31 Å². The van der Waals surface area contributed by atoms with Gasteiger partial charge in [-0.2, -0.15) is 4.39 Å². The van der Waals surface area contributed by atoms with E-state index in [4.69, 9.17) is 5.73 Å². The number of nitrogens with zero attached hydrogens (tertiary/aromatic N) is 2. The number of nitro groups is 1. The molecular weight excluding hydrogens is 237 g/mol. The molecule has 0 aromatic heterocycles. The van der Waals surface area contributed by atoms with Gasteiger partial charge in [0.15, 0.2) is 0 Å². The van der Waals surface area contributed by atoms with Crippen molar-refractivity contribution >= 4 is 5.69 Å². The van der Waals surface area contributed by atoms with Gasteiger partial charge in [0.2, 0.25) is 5.82 Å². The summed E-state index contributed by atoms with van der Waals surface area (Å²) >= 11 is 0. The van der Waals surface area contributed by atoms with Gasteiger partial charge in [-0.25, -0.2) is 0 Å². The van der Waals surface area contributed by atoms with Crippen LogP contribution in [0.25, 0.3) is 0 Å². The van der Waals surface area contributed by atoms with Crippen LogP contribution in [0.1, 0.15) is 18.4 Å². The van der Waals surface area contributed by atoms with Crippen molar-refractivity contribution in [3.8, 4) is 0 Å². The van der Waals surface area contributed by atoms with Gasteiger partial charge in [-0.05, 0) is 31.0 Å². The Morgan fingerprint density at radius 3 is 2.94 bits per heavy atom. The van der Waals surface area contributed by atoms with E-state index in [0.717, 1.165) is 31.5 Å². The fourth-order valence-corrected chi connectivity index (χ4v) is 2.29. The van der Waals surface area contributed by atoms with Crippen molar-refractivity contribution in [2.24, 2.45) is 5.73 Å². The highest BCUT2D eigenvalue weighted by Crippen LogP contribution is 2.20. The number of piperidine rings is 1. The zero-order valence-electron chi connectivity index (χ0n) is 10.0. The summed E-state index contributed by atoms with van der Waals surface area (Å²) in [5.74, 6) is -0.779. The third-order valence-corrected chi connectivity index (χ3v) is 3.16. The molecule has 1 fully saturated rings. The molecule has 0 radical (unpaired) electrons. The zero-order valence-corrected chi connectivity index (χ0v) is 10.0. The summed E-state index contributed by atoms with van der Waals surface area (Å²) in [5.41, 5.74) is 6.13. The second-order valence-corrected chi connectivity index (χ2v) is 4.68. The number of hydrogen-bond donors (Lipinski definition) is 1. The van der Waals surface area contributed by atoms with E-state index in [1.54, 1.807) is 6.07 Å². The number of nitrogens with two attached hydrogens (primary N) is 1. The van der Waals surface area contributed by atoms with Gasteiger partial charge in [0.1, 0.15) is 0 Å². The highest BCUT2D eigenvalue weighted by molar-refractivity contribution is 5.34. The Morgan fingerprint density at radius 1 is 1.56 bits per heavy atom. The fraction of sp³-hybridized carbons (Fsp3) is 0.500. The lowest BCUT2D eigenvalue weighted by Gasteiger charge is -2.30. The summed E-state index contributed by atoms with van der Waals surface area (Å²) in [6, 6.07) is 4.22. The van der Waals surface area contributed by atoms with Crippen LogP contribution < -0.4 is 5.73 Å². The quantitative estimate of drug-likeness (QED) is 0.656. The Kier molecular flexibility index (Phi) is 3.88. The van der Waals surface area contributed by atoms with Gasteiger partial charge in [-0.15, -0.1) is 0 Å². The molecule has 0 saturated carbocycles. The number of benzene rings is 1. The van der Waals surface area contributed by atoms with E-state index < -0.39 is 16.4 Å². The Morgan fingerprint density at radius 2 is 2.33 bits per heavy atom. The van der Waals surface area contributed by atoms with Crippen molar-refractivity contribution in [2.75, 3.05) is 13.1 Å².